The zero-order valence-electron chi connectivity index (χ0n) is 15.4. The molecule has 1 fully saturated rings. The molecule has 6 nitrogen and oxygen atoms in total. The largest absolute Gasteiger partial charge is 0.483 e. The van der Waals surface area contributed by atoms with Crippen molar-refractivity contribution in [2.75, 3.05) is 19.8 Å². The number of aliphatic hydroxyl groups is 1. The lowest BCUT2D eigenvalue weighted by Gasteiger charge is -2.23. The summed E-state index contributed by atoms with van der Waals surface area (Å²) < 4.78 is 5.52. The number of ether oxygens (including phenoxy) is 1. The molecule has 0 bridgehead atoms. The molecule has 1 heterocycles. The topological polar surface area (TPSA) is 92.9 Å². The second-order valence-corrected chi connectivity index (χ2v) is 6.81. The molecule has 1 atom stereocenters. The molecule has 0 spiro atoms. The van der Waals surface area contributed by atoms with Gasteiger partial charge >= 0.3 is 0 Å². The predicted octanol–water partition coefficient (Wildman–Crippen LogP) is 2.12. The number of amides is 2. The van der Waals surface area contributed by atoms with Crippen LogP contribution in [0.2, 0.25) is 0 Å². The Morgan fingerprint density at radius 2 is 1.96 bits per heavy atom. The molecular formula is C21H24N2O4. The monoisotopic (exact) mass is 368 g/mol. The molecule has 0 aliphatic carbocycles. The number of hydrogen-bond donors (Lipinski definition) is 2. The van der Waals surface area contributed by atoms with E-state index >= 15 is 0 Å². The number of carbonyl (C=O) groups is 2. The van der Waals surface area contributed by atoms with E-state index < -0.39 is 5.91 Å². The molecule has 3 rings (SSSR count). The molecule has 1 saturated heterocycles. The van der Waals surface area contributed by atoms with Crippen molar-refractivity contribution < 1.29 is 19.4 Å². The highest BCUT2D eigenvalue weighted by atomic mass is 16.5. The van der Waals surface area contributed by atoms with Crippen LogP contribution < -0.4 is 10.5 Å². The predicted molar refractivity (Wildman–Crippen MR) is 102 cm³/mol. The fourth-order valence-electron chi connectivity index (χ4n) is 3.40. The Hall–Kier alpha value is -2.86. The van der Waals surface area contributed by atoms with Gasteiger partial charge in [-0.25, -0.2) is 0 Å². The number of aliphatic hydroxyl groups excluding tert-OH is 1. The van der Waals surface area contributed by atoms with Crippen molar-refractivity contribution in [3.05, 3.63) is 53.6 Å². The van der Waals surface area contributed by atoms with Crippen molar-refractivity contribution >= 4 is 11.8 Å². The van der Waals surface area contributed by atoms with Crippen LogP contribution in [0.5, 0.6) is 5.75 Å². The maximum Gasteiger partial charge on any atom is 0.255 e. The Morgan fingerprint density at radius 1 is 1.22 bits per heavy atom. The number of carbonyl (C=O) groups excluding carboxylic acids is 2. The normalized spacial score (nSPS) is 16.4. The van der Waals surface area contributed by atoms with Crippen LogP contribution in [0.25, 0.3) is 11.1 Å². The van der Waals surface area contributed by atoms with Gasteiger partial charge in [0, 0.05) is 17.7 Å². The third-order valence-corrected chi connectivity index (χ3v) is 4.80. The molecular weight excluding hydrogens is 344 g/mol. The van der Waals surface area contributed by atoms with Crippen molar-refractivity contribution in [2.45, 2.75) is 25.8 Å². The minimum atomic E-state index is -0.536. The van der Waals surface area contributed by atoms with Crippen LogP contribution in [0.15, 0.2) is 42.5 Å². The molecule has 1 aliphatic heterocycles. The first-order valence-electron chi connectivity index (χ1n) is 9.03. The van der Waals surface area contributed by atoms with E-state index in [4.69, 9.17) is 10.5 Å². The van der Waals surface area contributed by atoms with Crippen LogP contribution in [-0.2, 0) is 4.79 Å². The summed E-state index contributed by atoms with van der Waals surface area (Å²) in [5, 5.41) is 9.43. The van der Waals surface area contributed by atoms with Gasteiger partial charge in [0.1, 0.15) is 5.75 Å². The minimum absolute atomic E-state index is 0.00627. The first-order chi connectivity index (χ1) is 13.0. The highest BCUT2D eigenvalue weighted by Gasteiger charge is 2.28. The number of aryl methyl sites for hydroxylation is 1. The van der Waals surface area contributed by atoms with Crippen LogP contribution in [0.3, 0.4) is 0 Å². The second-order valence-electron chi connectivity index (χ2n) is 6.81. The molecule has 2 amide bonds. The van der Waals surface area contributed by atoms with Gasteiger partial charge in [-0.2, -0.15) is 0 Å². The maximum absolute atomic E-state index is 12.7. The van der Waals surface area contributed by atoms with Gasteiger partial charge in [-0.3, -0.25) is 9.59 Å². The molecule has 6 heteroatoms. The molecule has 27 heavy (non-hydrogen) atoms. The third kappa shape index (κ3) is 4.28. The summed E-state index contributed by atoms with van der Waals surface area (Å²) in [6.07, 6.45) is 1.75. The van der Waals surface area contributed by atoms with Crippen LogP contribution in [0.1, 0.15) is 28.8 Å². The standard InChI is InChI=1S/C21H24N2O4/c1-14-4-9-19(27-13-20(22)25)18(11-14)15-5-7-16(8-6-15)21(26)23-10-2-3-17(23)12-24/h4-9,11,17,24H,2-3,10,12-13H2,1H3,(H2,22,25). The van der Waals surface area contributed by atoms with Crippen molar-refractivity contribution in [3.63, 3.8) is 0 Å². The van der Waals surface area contributed by atoms with Gasteiger partial charge in [0.05, 0.1) is 12.6 Å². The SMILES string of the molecule is Cc1ccc(OCC(N)=O)c(-c2ccc(C(=O)N3CCCC3CO)cc2)c1. The van der Waals surface area contributed by atoms with Crippen molar-refractivity contribution in [1.82, 2.24) is 4.90 Å². The Kier molecular flexibility index (Phi) is 5.76. The van der Waals surface area contributed by atoms with E-state index in [0.717, 1.165) is 29.5 Å². The van der Waals surface area contributed by atoms with E-state index in [1.165, 1.54) is 0 Å². The quantitative estimate of drug-likeness (QED) is 0.817. The lowest BCUT2D eigenvalue weighted by atomic mass is 10.0. The van der Waals surface area contributed by atoms with Gasteiger partial charge in [0.15, 0.2) is 6.61 Å². The average Bonchev–Trinajstić information content (AvgIpc) is 3.15. The van der Waals surface area contributed by atoms with E-state index in [2.05, 4.69) is 0 Å². The van der Waals surface area contributed by atoms with Crippen molar-refractivity contribution in [1.29, 1.82) is 0 Å². The Balaban J connectivity index is 1.84. The number of hydrogen-bond acceptors (Lipinski definition) is 4. The van der Waals surface area contributed by atoms with E-state index in [1.54, 1.807) is 17.0 Å². The van der Waals surface area contributed by atoms with Crippen molar-refractivity contribution in [3.8, 4) is 16.9 Å². The lowest BCUT2D eigenvalue weighted by Crippen LogP contribution is -2.37. The summed E-state index contributed by atoms with van der Waals surface area (Å²) in [6, 6.07) is 12.9. The Labute approximate surface area is 158 Å². The molecule has 142 valence electrons. The summed E-state index contributed by atoms with van der Waals surface area (Å²) in [6.45, 7) is 2.45. The zero-order valence-corrected chi connectivity index (χ0v) is 15.4. The van der Waals surface area contributed by atoms with Gasteiger partial charge in [-0.15, -0.1) is 0 Å². The average molecular weight is 368 g/mol. The van der Waals surface area contributed by atoms with E-state index in [9.17, 15) is 14.7 Å². The van der Waals surface area contributed by atoms with Crippen LogP contribution in [-0.4, -0.2) is 47.6 Å². The van der Waals surface area contributed by atoms with Crippen molar-refractivity contribution in [2.24, 2.45) is 5.73 Å². The lowest BCUT2D eigenvalue weighted by molar-refractivity contribution is -0.119. The van der Waals surface area contributed by atoms with Crippen LogP contribution in [0.4, 0.5) is 0 Å². The highest BCUT2D eigenvalue weighted by molar-refractivity contribution is 5.95. The summed E-state index contributed by atoms with van der Waals surface area (Å²) in [4.78, 5) is 25.5. The Morgan fingerprint density at radius 3 is 2.63 bits per heavy atom. The molecule has 0 saturated carbocycles. The summed E-state index contributed by atoms with van der Waals surface area (Å²) in [5.74, 6) is -0.0302. The molecule has 0 aromatic heterocycles. The molecule has 2 aromatic rings. The molecule has 0 radical (unpaired) electrons. The van der Waals surface area contributed by atoms with Gasteiger partial charge in [0.2, 0.25) is 0 Å². The van der Waals surface area contributed by atoms with E-state index in [0.29, 0.717) is 17.9 Å². The summed E-state index contributed by atoms with van der Waals surface area (Å²) in [5.41, 5.74) is 8.54. The van der Waals surface area contributed by atoms with E-state index in [1.807, 2.05) is 37.3 Å². The minimum Gasteiger partial charge on any atom is -0.483 e. The summed E-state index contributed by atoms with van der Waals surface area (Å²) >= 11 is 0. The third-order valence-electron chi connectivity index (χ3n) is 4.80. The highest BCUT2D eigenvalue weighted by Crippen LogP contribution is 2.31. The van der Waals surface area contributed by atoms with Gasteiger partial charge in [-0.1, -0.05) is 23.8 Å². The number of likely N-dealkylation sites (tertiary alicyclic amines) is 1. The number of primary amides is 1. The molecule has 1 aliphatic rings. The molecule has 2 aromatic carbocycles. The first-order valence-corrected chi connectivity index (χ1v) is 9.03. The van der Waals surface area contributed by atoms with Gasteiger partial charge in [0.25, 0.3) is 11.8 Å². The number of nitrogens with two attached hydrogens (primary N) is 1. The zero-order chi connectivity index (χ0) is 19.4. The first kappa shape index (κ1) is 18.9. The fraction of sp³-hybridized carbons (Fsp3) is 0.333. The number of benzene rings is 2. The van der Waals surface area contributed by atoms with Crippen LogP contribution >= 0.6 is 0 Å². The smallest absolute Gasteiger partial charge is 0.255 e. The van der Waals surface area contributed by atoms with Crippen LogP contribution in [0, 0.1) is 6.92 Å². The maximum atomic E-state index is 12.7. The number of rotatable bonds is 6. The van der Waals surface area contributed by atoms with E-state index in [-0.39, 0.29) is 25.2 Å². The molecule has 3 N–H and O–H groups in total. The second kappa shape index (κ2) is 8.22. The summed E-state index contributed by atoms with van der Waals surface area (Å²) in [7, 11) is 0. The molecule has 1 unspecified atom stereocenters. The number of nitrogens with zero attached hydrogens (tertiary/aromatic N) is 1. The van der Waals surface area contributed by atoms with Gasteiger partial charge in [-0.05, 0) is 49.6 Å². The fourth-order valence-corrected chi connectivity index (χ4v) is 3.40. The Bertz CT molecular complexity index is 833. The van der Waals surface area contributed by atoms with Gasteiger partial charge < -0.3 is 20.5 Å².